The van der Waals surface area contributed by atoms with Crippen molar-refractivity contribution in [1.82, 2.24) is 15.2 Å². The average molecular weight is 350 g/mol. The topological polar surface area (TPSA) is 51.8 Å². The highest BCUT2D eigenvalue weighted by Gasteiger charge is 2.09. The largest absolute Gasteiger partial charge is 0.416 e. The Labute approximate surface area is 141 Å². The molecule has 7 heteroatoms. The molecule has 0 saturated heterocycles. The molecule has 22 heavy (non-hydrogen) atoms. The van der Waals surface area contributed by atoms with Gasteiger partial charge in [0.1, 0.15) is 0 Å². The molecule has 0 aliphatic heterocycles. The molecule has 0 fully saturated rings. The standard InChI is InChI=1S/C15H15N3OS3/c1-10-16-12(9-21-10)7-14-17-18-15(19-14)22-8-11-3-5-13(20-2)6-4-11/h3-6,9H,7-8H2,1-2H3. The zero-order chi connectivity index (χ0) is 15.4. The van der Waals surface area contributed by atoms with Gasteiger partial charge in [0.05, 0.1) is 17.1 Å². The Kier molecular flexibility index (Phi) is 5.17. The lowest BCUT2D eigenvalue weighted by molar-refractivity contribution is 0.419. The Morgan fingerprint density at radius 1 is 1.18 bits per heavy atom. The van der Waals surface area contributed by atoms with Crippen LogP contribution >= 0.6 is 34.9 Å². The summed E-state index contributed by atoms with van der Waals surface area (Å²) in [5.41, 5.74) is 2.23. The normalized spacial score (nSPS) is 11.0. The van der Waals surface area contributed by atoms with Gasteiger partial charge in [-0.2, -0.15) is 0 Å². The van der Waals surface area contributed by atoms with Gasteiger partial charge in [-0.1, -0.05) is 23.9 Å². The van der Waals surface area contributed by atoms with Crippen molar-refractivity contribution in [1.29, 1.82) is 0 Å². The van der Waals surface area contributed by atoms with E-state index >= 15 is 0 Å². The second kappa shape index (κ2) is 7.30. The summed E-state index contributed by atoms with van der Waals surface area (Å²) in [6.07, 6.45) is 2.67. The summed E-state index contributed by atoms with van der Waals surface area (Å²) in [4.78, 5) is 5.68. The third-order valence-electron chi connectivity index (χ3n) is 2.97. The van der Waals surface area contributed by atoms with Crippen LogP contribution < -0.4 is 0 Å². The molecule has 0 saturated carbocycles. The van der Waals surface area contributed by atoms with Crippen LogP contribution in [-0.2, 0) is 12.2 Å². The molecule has 2 heterocycles. The maximum absolute atomic E-state index is 5.66. The van der Waals surface area contributed by atoms with E-state index in [0.717, 1.165) is 16.5 Å². The van der Waals surface area contributed by atoms with Crippen molar-refractivity contribution in [2.24, 2.45) is 0 Å². The third-order valence-corrected chi connectivity index (χ3v) is 5.42. The van der Waals surface area contributed by atoms with Crippen molar-refractivity contribution in [3.63, 3.8) is 0 Å². The summed E-state index contributed by atoms with van der Waals surface area (Å²) in [6.45, 7) is 1.99. The van der Waals surface area contributed by atoms with E-state index in [2.05, 4.69) is 45.7 Å². The molecule has 2 aromatic heterocycles. The molecule has 114 valence electrons. The average Bonchev–Trinajstić information content (AvgIpc) is 3.15. The Bertz CT molecular complexity index is 737. The molecule has 0 bridgehead atoms. The summed E-state index contributed by atoms with van der Waals surface area (Å²) in [5.74, 6) is 1.44. The monoisotopic (exact) mass is 349 g/mol. The van der Waals surface area contributed by atoms with E-state index in [-0.39, 0.29) is 0 Å². The molecule has 3 rings (SSSR count). The van der Waals surface area contributed by atoms with Crippen LogP contribution in [0.15, 0.2) is 44.2 Å². The number of hydrogen-bond donors (Lipinski definition) is 0. The summed E-state index contributed by atoms with van der Waals surface area (Å²) in [5, 5.41) is 11.9. The van der Waals surface area contributed by atoms with Crippen LogP contribution in [0.1, 0.15) is 22.2 Å². The van der Waals surface area contributed by atoms with Crippen molar-refractivity contribution in [3.05, 3.63) is 51.8 Å². The number of aryl methyl sites for hydroxylation is 1. The highest BCUT2D eigenvalue weighted by Crippen LogP contribution is 2.24. The second-order valence-electron chi connectivity index (χ2n) is 4.63. The van der Waals surface area contributed by atoms with Gasteiger partial charge in [-0.05, 0) is 30.9 Å². The van der Waals surface area contributed by atoms with E-state index in [4.69, 9.17) is 4.42 Å². The van der Waals surface area contributed by atoms with Crippen LogP contribution in [0, 0.1) is 6.92 Å². The van der Waals surface area contributed by atoms with Gasteiger partial charge in [-0.25, -0.2) is 4.98 Å². The van der Waals surface area contributed by atoms with Crippen LogP contribution in [0.2, 0.25) is 0 Å². The van der Waals surface area contributed by atoms with Crippen LogP contribution in [0.5, 0.6) is 0 Å². The van der Waals surface area contributed by atoms with Crippen molar-refractivity contribution in [2.45, 2.75) is 29.2 Å². The first-order chi connectivity index (χ1) is 10.7. The summed E-state index contributed by atoms with van der Waals surface area (Å²) in [6, 6.07) is 8.52. The predicted molar refractivity (Wildman–Crippen MR) is 91.7 cm³/mol. The maximum atomic E-state index is 5.66. The number of thiazole rings is 1. The minimum atomic E-state index is 0.598. The van der Waals surface area contributed by atoms with Gasteiger partial charge in [-0.15, -0.1) is 33.3 Å². The van der Waals surface area contributed by atoms with Crippen LogP contribution in [-0.4, -0.2) is 21.4 Å². The van der Waals surface area contributed by atoms with E-state index in [9.17, 15) is 0 Å². The zero-order valence-corrected chi connectivity index (χ0v) is 14.7. The molecule has 0 aliphatic carbocycles. The summed E-state index contributed by atoms with van der Waals surface area (Å²) in [7, 11) is 0. The first-order valence-electron chi connectivity index (χ1n) is 6.72. The van der Waals surface area contributed by atoms with Gasteiger partial charge in [-0.3, -0.25) is 0 Å². The van der Waals surface area contributed by atoms with Gasteiger partial charge < -0.3 is 4.42 Å². The van der Waals surface area contributed by atoms with Crippen molar-refractivity contribution < 1.29 is 4.42 Å². The number of benzene rings is 1. The van der Waals surface area contributed by atoms with E-state index in [1.165, 1.54) is 10.5 Å². The number of rotatable bonds is 6. The Balaban J connectivity index is 1.56. The molecular weight excluding hydrogens is 334 g/mol. The molecule has 0 atom stereocenters. The van der Waals surface area contributed by atoms with Crippen LogP contribution in [0.25, 0.3) is 0 Å². The number of aromatic nitrogens is 3. The predicted octanol–water partition coefficient (Wildman–Crippen LogP) is 4.44. The number of hydrogen-bond acceptors (Lipinski definition) is 7. The fourth-order valence-electron chi connectivity index (χ4n) is 1.88. The molecule has 0 N–H and O–H groups in total. The van der Waals surface area contributed by atoms with E-state index in [1.807, 2.05) is 12.3 Å². The fourth-order valence-corrected chi connectivity index (χ4v) is 3.64. The zero-order valence-electron chi connectivity index (χ0n) is 12.3. The van der Waals surface area contributed by atoms with E-state index in [0.29, 0.717) is 17.5 Å². The molecule has 0 radical (unpaired) electrons. The Morgan fingerprint density at radius 2 is 2.00 bits per heavy atom. The third kappa shape index (κ3) is 4.12. The molecule has 3 aromatic rings. The van der Waals surface area contributed by atoms with Crippen LogP contribution in [0.4, 0.5) is 0 Å². The Hall–Kier alpha value is -1.31. The second-order valence-corrected chi connectivity index (χ2v) is 7.50. The van der Waals surface area contributed by atoms with E-state index < -0.39 is 0 Å². The smallest absolute Gasteiger partial charge is 0.276 e. The highest BCUT2D eigenvalue weighted by atomic mass is 32.2. The Morgan fingerprint density at radius 3 is 2.68 bits per heavy atom. The summed E-state index contributed by atoms with van der Waals surface area (Å²) >= 11 is 4.94. The van der Waals surface area contributed by atoms with Crippen molar-refractivity contribution in [2.75, 3.05) is 6.26 Å². The molecule has 1 aromatic carbocycles. The lowest BCUT2D eigenvalue weighted by Gasteiger charge is -2.00. The lowest BCUT2D eigenvalue weighted by Crippen LogP contribution is -1.88. The molecule has 0 unspecified atom stereocenters. The fraction of sp³-hybridized carbons (Fsp3) is 0.267. The minimum Gasteiger partial charge on any atom is -0.416 e. The van der Waals surface area contributed by atoms with Gasteiger partial charge >= 0.3 is 0 Å². The van der Waals surface area contributed by atoms with Gasteiger partial charge in [0.25, 0.3) is 5.22 Å². The van der Waals surface area contributed by atoms with Gasteiger partial charge in [0.15, 0.2) is 0 Å². The van der Waals surface area contributed by atoms with E-state index in [1.54, 1.807) is 34.9 Å². The van der Waals surface area contributed by atoms with Crippen LogP contribution in [0.3, 0.4) is 0 Å². The summed E-state index contributed by atoms with van der Waals surface area (Å²) < 4.78 is 5.66. The van der Waals surface area contributed by atoms with Crippen molar-refractivity contribution in [3.8, 4) is 0 Å². The SMILES string of the molecule is CSc1ccc(CSc2nnc(Cc3csc(C)n3)o2)cc1. The number of thioether (sulfide) groups is 2. The molecule has 0 aliphatic rings. The first kappa shape index (κ1) is 15.6. The minimum absolute atomic E-state index is 0.598. The molecular formula is C15H15N3OS3. The van der Waals surface area contributed by atoms with Gasteiger partial charge in [0, 0.05) is 16.0 Å². The highest BCUT2D eigenvalue weighted by molar-refractivity contribution is 7.98. The quantitative estimate of drug-likeness (QED) is 0.613. The first-order valence-corrected chi connectivity index (χ1v) is 9.81. The van der Waals surface area contributed by atoms with Gasteiger partial charge in [0.2, 0.25) is 5.89 Å². The number of nitrogens with zero attached hydrogens (tertiary/aromatic N) is 3. The van der Waals surface area contributed by atoms with Crippen molar-refractivity contribution >= 4 is 34.9 Å². The lowest BCUT2D eigenvalue weighted by atomic mass is 10.2. The molecule has 0 amide bonds. The molecule has 0 spiro atoms. The maximum Gasteiger partial charge on any atom is 0.276 e. The molecule has 4 nitrogen and oxygen atoms in total.